The van der Waals surface area contributed by atoms with Crippen molar-refractivity contribution in [3.63, 3.8) is 0 Å². The lowest BCUT2D eigenvalue weighted by molar-refractivity contribution is 0.271. The van der Waals surface area contributed by atoms with E-state index in [2.05, 4.69) is 20.4 Å². The first-order valence-corrected chi connectivity index (χ1v) is 19.0. The number of hydrogen-bond acceptors (Lipinski definition) is 10. The molecule has 0 aliphatic carbocycles. The van der Waals surface area contributed by atoms with Crippen LogP contribution in [0.1, 0.15) is 50.7 Å². The standard InChI is InChI=1S/C34H36N8O6S2/c1-21(2)23-17-29(41-35-25-9-5-6-10-26(25)36-41)33(43)31(19-23)49(45,46)39-13-15-40(16-14-39)50(47,48)32-20-24(22(3)4)18-30(34(32)44)42-37-27-11-7-8-12-28(27)38-42/h5-12,17-22,43-44H,13-16H2,1-4H3. The normalized spacial score (nSPS) is 15.2. The van der Waals surface area contributed by atoms with Gasteiger partial charge in [-0.15, -0.1) is 30.0 Å². The Labute approximate surface area is 289 Å². The number of benzene rings is 4. The SMILES string of the molecule is CC(C)c1cc(-n2nc3ccccc3n2)c(O)c(S(=O)(=O)N2CCN(S(=O)(=O)c3cc(C(C)C)cc(-n4nc5ccccc5n4)c3O)CC2)c1. The highest BCUT2D eigenvalue weighted by molar-refractivity contribution is 7.89. The number of hydrogen-bond donors (Lipinski definition) is 2. The van der Waals surface area contributed by atoms with E-state index in [1.54, 1.807) is 60.7 Å². The molecular weight excluding hydrogens is 681 g/mol. The Hall–Kier alpha value is -4.90. The molecule has 1 saturated heterocycles. The Morgan fingerprint density at radius 2 is 0.840 bits per heavy atom. The van der Waals surface area contributed by atoms with Gasteiger partial charge in [-0.1, -0.05) is 52.0 Å². The van der Waals surface area contributed by atoms with Gasteiger partial charge in [0.25, 0.3) is 0 Å². The van der Waals surface area contributed by atoms with Gasteiger partial charge in [-0.05, 0) is 71.5 Å². The van der Waals surface area contributed by atoms with Gasteiger partial charge >= 0.3 is 0 Å². The van der Waals surface area contributed by atoms with E-state index in [9.17, 15) is 27.0 Å². The van der Waals surface area contributed by atoms with Gasteiger partial charge in [-0.25, -0.2) is 16.8 Å². The molecule has 0 spiro atoms. The average molecular weight is 717 g/mol. The van der Waals surface area contributed by atoms with Crippen LogP contribution >= 0.6 is 0 Å². The Balaban J connectivity index is 1.20. The molecule has 0 unspecified atom stereocenters. The number of phenolic OH excluding ortho intramolecular Hbond substituents is 2. The maximum absolute atomic E-state index is 14.1. The van der Waals surface area contributed by atoms with Crippen LogP contribution in [-0.4, -0.2) is 91.8 Å². The fraction of sp³-hybridized carbons (Fsp3) is 0.294. The molecule has 3 heterocycles. The van der Waals surface area contributed by atoms with Crippen molar-refractivity contribution < 1.29 is 27.0 Å². The summed E-state index contributed by atoms with van der Waals surface area (Å²) in [5.41, 5.74) is 3.84. The molecule has 7 rings (SSSR count). The molecular formula is C34H36N8O6S2. The first kappa shape index (κ1) is 33.6. The van der Waals surface area contributed by atoms with Gasteiger partial charge in [0.05, 0.1) is 0 Å². The molecule has 260 valence electrons. The summed E-state index contributed by atoms with van der Waals surface area (Å²) in [5, 5.41) is 40.5. The molecule has 4 aromatic carbocycles. The lowest BCUT2D eigenvalue weighted by Crippen LogP contribution is -2.50. The number of rotatable bonds is 8. The molecule has 1 aliphatic heterocycles. The smallest absolute Gasteiger partial charge is 0.246 e. The van der Waals surface area contributed by atoms with Gasteiger partial charge in [0, 0.05) is 26.2 Å². The maximum Gasteiger partial charge on any atom is 0.246 e. The zero-order valence-corrected chi connectivity index (χ0v) is 29.5. The molecule has 2 N–H and O–H groups in total. The van der Waals surface area contributed by atoms with Crippen LogP contribution in [0.25, 0.3) is 33.4 Å². The summed E-state index contributed by atoms with van der Waals surface area (Å²) in [5.74, 6) is -1.20. The van der Waals surface area contributed by atoms with Gasteiger partial charge in [0.15, 0.2) is 11.5 Å². The van der Waals surface area contributed by atoms with E-state index in [-0.39, 0.29) is 59.2 Å². The van der Waals surface area contributed by atoms with Gasteiger partial charge in [0.2, 0.25) is 20.0 Å². The molecule has 6 aromatic rings. The number of phenols is 2. The molecule has 0 saturated carbocycles. The average Bonchev–Trinajstić information content (AvgIpc) is 3.73. The zero-order chi connectivity index (χ0) is 35.5. The summed E-state index contributed by atoms with van der Waals surface area (Å²) in [4.78, 5) is 1.82. The van der Waals surface area contributed by atoms with E-state index in [0.29, 0.717) is 33.2 Å². The third-order valence-corrected chi connectivity index (χ3v) is 12.7. The molecule has 14 nitrogen and oxygen atoms in total. The maximum atomic E-state index is 14.1. The van der Waals surface area contributed by atoms with Crippen molar-refractivity contribution in [2.45, 2.75) is 49.3 Å². The molecule has 1 aliphatic rings. The predicted octanol–water partition coefficient (Wildman–Crippen LogP) is 4.51. The van der Waals surface area contributed by atoms with Crippen molar-refractivity contribution in [2.75, 3.05) is 26.2 Å². The summed E-state index contributed by atoms with van der Waals surface area (Å²) >= 11 is 0. The largest absolute Gasteiger partial charge is 0.504 e. The van der Waals surface area contributed by atoms with E-state index >= 15 is 0 Å². The Morgan fingerprint density at radius 1 is 0.540 bits per heavy atom. The Morgan fingerprint density at radius 3 is 1.12 bits per heavy atom. The van der Waals surface area contributed by atoms with Crippen LogP contribution in [0.3, 0.4) is 0 Å². The van der Waals surface area contributed by atoms with Gasteiger partial charge in [-0.2, -0.15) is 8.61 Å². The highest BCUT2D eigenvalue weighted by Gasteiger charge is 2.38. The van der Waals surface area contributed by atoms with Crippen LogP contribution in [-0.2, 0) is 20.0 Å². The molecule has 0 radical (unpaired) electrons. The molecule has 50 heavy (non-hydrogen) atoms. The molecule has 2 aromatic heterocycles. The van der Waals surface area contributed by atoms with Crippen molar-refractivity contribution in [1.82, 2.24) is 38.6 Å². The second kappa shape index (κ2) is 12.5. The van der Waals surface area contributed by atoms with Gasteiger partial charge in [0.1, 0.15) is 43.2 Å². The number of fused-ring (bicyclic) bond motifs is 2. The molecule has 1 fully saturated rings. The fourth-order valence-corrected chi connectivity index (χ4v) is 9.07. The van der Waals surface area contributed by atoms with Crippen LogP contribution < -0.4 is 0 Å². The van der Waals surface area contributed by atoms with Crippen molar-refractivity contribution in [3.05, 3.63) is 83.9 Å². The topological polar surface area (TPSA) is 177 Å². The van der Waals surface area contributed by atoms with E-state index < -0.39 is 31.5 Å². The van der Waals surface area contributed by atoms with Crippen molar-refractivity contribution in [3.8, 4) is 22.9 Å². The molecule has 0 atom stereocenters. The lowest BCUT2D eigenvalue weighted by atomic mass is 10.0. The fourth-order valence-electron chi connectivity index (χ4n) is 5.96. The van der Waals surface area contributed by atoms with Crippen molar-refractivity contribution in [2.24, 2.45) is 0 Å². The number of aromatic nitrogens is 6. The first-order chi connectivity index (χ1) is 23.8. The number of piperazine rings is 1. The summed E-state index contributed by atoms with van der Waals surface area (Å²) in [7, 11) is -8.60. The van der Waals surface area contributed by atoms with E-state index in [1.165, 1.54) is 21.7 Å². The first-order valence-electron chi connectivity index (χ1n) is 16.1. The molecule has 0 amide bonds. The summed E-state index contributed by atoms with van der Waals surface area (Å²) in [6.07, 6.45) is 0. The molecule has 16 heteroatoms. The zero-order valence-electron chi connectivity index (χ0n) is 27.8. The number of nitrogens with zero attached hydrogens (tertiary/aromatic N) is 8. The summed E-state index contributed by atoms with van der Waals surface area (Å²) in [6.45, 7) is 6.88. The second-order valence-corrected chi connectivity index (χ2v) is 16.7. The minimum atomic E-state index is -4.30. The van der Waals surface area contributed by atoms with E-state index in [1.807, 2.05) is 27.7 Å². The minimum Gasteiger partial charge on any atom is -0.504 e. The van der Waals surface area contributed by atoms with Crippen LogP contribution in [0.2, 0.25) is 0 Å². The quantitative estimate of drug-likeness (QED) is 0.228. The van der Waals surface area contributed by atoms with Crippen molar-refractivity contribution in [1.29, 1.82) is 0 Å². The lowest BCUT2D eigenvalue weighted by Gasteiger charge is -2.33. The van der Waals surface area contributed by atoms with E-state index in [0.717, 1.165) is 8.61 Å². The van der Waals surface area contributed by atoms with Gasteiger partial charge in [-0.3, -0.25) is 0 Å². The van der Waals surface area contributed by atoms with Crippen LogP contribution in [0.5, 0.6) is 11.5 Å². The minimum absolute atomic E-state index is 0.0928. The van der Waals surface area contributed by atoms with Crippen molar-refractivity contribution >= 4 is 42.1 Å². The third-order valence-electron chi connectivity index (χ3n) is 8.93. The highest BCUT2D eigenvalue weighted by Crippen LogP contribution is 2.38. The van der Waals surface area contributed by atoms with Crippen LogP contribution in [0, 0.1) is 0 Å². The van der Waals surface area contributed by atoms with E-state index in [4.69, 9.17) is 0 Å². The van der Waals surface area contributed by atoms with Gasteiger partial charge < -0.3 is 10.2 Å². The molecule has 0 bridgehead atoms. The highest BCUT2D eigenvalue weighted by atomic mass is 32.2. The Bertz CT molecular complexity index is 2240. The number of sulfonamides is 2. The van der Waals surface area contributed by atoms with Crippen LogP contribution in [0.15, 0.2) is 82.6 Å². The second-order valence-electron chi connectivity index (χ2n) is 12.8. The van der Waals surface area contributed by atoms with Crippen LogP contribution in [0.4, 0.5) is 0 Å². The summed E-state index contributed by atoms with van der Waals surface area (Å²) in [6, 6.07) is 20.5. The predicted molar refractivity (Wildman–Crippen MR) is 187 cm³/mol. The third kappa shape index (κ3) is 5.77. The Kier molecular flexibility index (Phi) is 8.37. The summed E-state index contributed by atoms with van der Waals surface area (Å²) < 4.78 is 58.7. The monoisotopic (exact) mass is 716 g/mol. The number of aromatic hydroxyl groups is 2.